The molecule has 5 heteroatoms. The second kappa shape index (κ2) is 7.10. The van der Waals surface area contributed by atoms with Crippen molar-refractivity contribution in [3.63, 3.8) is 0 Å². The third-order valence-electron chi connectivity index (χ3n) is 6.30. The van der Waals surface area contributed by atoms with Gasteiger partial charge in [-0.25, -0.2) is 0 Å². The number of carbonyl (C=O) groups excluding carboxylic acids is 2. The maximum absolute atomic E-state index is 13.8. The lowest BCUT2D eigenvalue weighted by atomic mass is 9.77. The summed E-state index contributed by atoms with van der Waals surface area (Å²) in [6.45, 7) is 4.06. The molecule has 30 heavy (non-hydrogen) atoms. The topological polar surface area (TPSA) is 55.8 Å². The van der Waals surface area contributed by atoms with E-state index in [4.69, 9.17) is 9.47 Å². The van der Waals surface area contributed by atoms with Gasteiger partial charge in [-0.2, -0.15) is 0 Å². The molecule has 0 radical (unpaired) electrons. The molecule has 5 nitrogen and oxygen atoms in total. The predicted molar refractivity (Wildman–Crippen MR) is 111 cm³/mol. The molecule has 3 aliphatic rings. The molecule has 0 N–H and O–H groups in total. The second-order valence-electron chi connectivity index (χ2n) is 8.58. The molecule has 2 aromatic carbocycles. The van der Waals surface area contributed by atoms with Crippen molar-refractivity contribution in [2.75, 3.05) is 6.54 Å². The zero-order chi connectivity index (χ0) is 20.9. The molecule has 0 aromatic heterocycles. The van der Waals surface area contributed by atoms with Gasteiger partial charge in [0.1, 0.15) is 11.5 Å². The number of rotatable bonds is 5. The molecule has 0 unspecified atom stereocenters. The van der Waals surface area contributed by atoms with Crippen molar-refractivity contribution in [1.29, 1.82) is 0 Å². The molecule has 2 aromatic rings. The van der Waals surface area contributed by atoms with Gasteiger partial charge in [0.2, 0.25) is 5.91 Å². The summed E-state index contributed by atoms with van der Waals surface area (Å²) in [6, 6.07) is 19.8. The molecular weight excluding hydrogens is 378 g/mol. The first kappa shape index (κ1) is 19.1. The van der Waals surface area contributed by atoms with Gasteiger partial charge >= 0.3 is 5.97 Å². The summed E-state index contributed by atoms with van der Waals surface area (Å²) < 4.78 is 11.7. The highest BCUT2D eigenvalue weighted by molar-refractivity contribution is 5.91. The van der Waals surface area contributed by atoms with Crippen molar-refractivity contribution in [1.82, 2.24) is 4.90 Å². The molecule has 3 heterocycles. The Labute approximate surface area is 176 Å². The van der Waals surface area contributed by atoms with Crippen LogP contribution in [0.5, 0.6) is 0 Å². The fourth-order valence-electron chi connectivity index (χ4n) is 5.15. The number of likely N-dealkylation sites (tertiary alicyclic amines) is 1. The molecule has 154 valence electrons. The highest BCUT2D eigenvalue weighted by atomic mass is 16.6. The molecule has 5 rings (SSSR count). The van der Waals surface area contributed by atoms with Gasteiger partial charge in [-0.15, -0.1) is 0 Å². The van der Waals surface area contributed by atoms with Crippen LogP contribution >= 0.6 is 0 Å². The molecule has 3 aliphatic heterocycles. The monoisotopic (exact) mass is 403 g/mol. The van der Waals surface area contributed by atoms with E-state index in [9.17, 15) is 9.59 Å². The van der Waals surface area contributed by atoms with Gasteiger partial charge in [-0.3, -0.25) is 9.59 Å². The Kier molecular flexibility index (Phi) is 4.51. The molecule has 2 fully saturated rings. The van der Waals surface area contributed by atoms with E-state index in [0.29, 0.717) is 6.54 Å². The van der Waals surface area contributed by atoms with Crippen LogP contribution in [-0.2, 0) is 19.1 Å². The first-order chi connectivity index (χ1) is 14.5. The molecular formula is C25H25NO4. The Morgan fingerprint density at radius 2 is 1.67 bits per heavy atom. The largest absolute Gasteiger partial charge is 0.463 e. The van der Waals surface area contributed by atoms with Crippen LogP contribution in [0.25, 0.3) is 0 Å². The number of fused-ring (bicyclic) bond motifs is 1. The lowest BCUT2D eigenvalue weighted by Gasteiger charge is -2.31. The fourth-order valence-corrected chi connectivity index (χ4v) is 5.15. The lowest BCUT2D eigenvalue weighted by Crippen LogP contribution is -2.40. The van der Waals surface area contributed by atoms with E-state index in [1.54, 1.807) is 0 Å². The quantitative estimate of drug-likeness (QED) is 0.566. The van der Waals surface area contributed by atoms with E-state index in [-0.39, 0.29) is 30.1 Å². The predicted octanol–water partition coefficient (Wildman–Crippen LogP) is 3.51. The average Bonchev–Trinajstić information content (AvgIpc) is 3.38. The fraction of sp³-hybridized carbons (Fsp3) is 0.360. The van der Waals surface area contributed by atoms with E-state index >= 15 is 0 Å². The highest BCUT2D eigenvalue weighted by Gasteiger charge is 2.68. The smallest absolute Gasteiger partial charge is 0.313 e. The van der Waals surface area contributed by atoms with Gasteiger partial charge < -0.3 is 14.4 Å². The summed E-state index contributed by atoms with van der Waals surface area (Å²) in [7, 11) is 0. The van der Waals surface area contributed by atoms with Crippen LogP contribution in [0, 0.1) is 11.8 Å². The van der Waals surface area contributed by atoms with Gasteiger partial charge in [0, 0.05) is 0 Å². The van der Waals surface area contributed by atoms with Gasteiger partial charge in [-0.1, -0.05) is 72.8 Å². The molecule has 1 amide bonds. The van der Waals surface area contributed by atoms with Crippen molar-refractivity contribution in [2.45, 2.75) is 37.7 Å². The zero-order valence-electron chi connectivity index (χ0n) is 17.1. The number of amides is 1. The average molecular weight is 403 g/mol. The van der Waals surface area contributed by atoms with Crippen LogP contribution in [0.1, 0.15) is 31.0 Å². The minimum Gasteiger partial charge on any atom is -0.463 e. The van der Waals surface area contributed by atoms with Crippen LogP contribution in [0.4, 0.5) is 0 Å². The van der Waals surface area contributed by atoms with Gasteiger partial charge in [0.25, 0.3) is 0 Å². The summed E-state index contributed by atoms with van der Waals surface area (Å²) in [5, 5.41) is 0. The summed E-state index contributed by atoms with van der Waals surface area (Å²) in [5.74, 6) is -1.54. The van der Waals surface area contributed by atoms with E-state index in [2.05, 4.69) is 0 Å². The van der Waals surface area contributed by atoms with Crippen LogP contribution in [-0.4, -0.2) is 41.1 Å². The number of ether oxygens (including phenoxy) is 2. The van der Waals surface area contributed by atoms with E-state index in [1.165, 1.54) is 0 Å². The standard InChI is InChI=1S/C25H25NO4/c1-16(2)29-24(28)20-19-13-14-25(30-19)15-26(23(27)21(20)25)22(17-9-5-3-6-10-17)18-11-7-4-8-12-18/h3-14,16,19-22H,15H2,1-2H3/t19-,20-,21-,25+/m0/s1. The minimum absolute atomic E-state index is 0.0507. The first-order valence-corrected chi connectivity index (χ1v) is 10.5. The molecule has 2 bridgehead atoms. The Bertz CT molecular complexity index is 947. The second-order valence-corrected chi connectivity index (χ2v) is 8.58. The summed E-state index contributed by atoms with van der Waals surface area (Å²) >= 11 is 0. The summed E-state index contributed by atoms with van der Waals surface area (Å²) in [6.07, 6.45) is 3.27. The van der Waals surface area contributed by atoms with E-state index < -0.39 is 17.4 Å². The molecule has 0 saturated carbocycles. The zero-order valence-corrected chi connectivity index (χ0v) is 17.1. The Balaban J connectivity index is 1.54. The third kappa shape index (κ3) is 2.88. The number of benzene rings is 2. The van der Waals surface area contributed by atoms with Crippen molar-refractivity contribution in [2.24, 2.45) is 11.8 Å². The van der Waals surface area contributed by atoms with E-state index in [0.717, 1.165) is 11.1 Å². The number of esters is 1. The Hall–Kier alpha value is -2.92. The van der Waals surface area contributed by atoms with E-state index in [1.807, 2.05) is 91.6 Å². The van der Waals surface area contributed by atoms with Crippen molar-refractivity contribution < 1.29 is 19.1 Å². The number of nitrogens with zero attached hydrogens (tertiary/aromatic N) is 1. The summed E-state index contributed by atoms with van der Waals surface area (Å²) in [4.78, 5) is 28.5. The maximum Gasteiger partial charge on any atom is 0.313 e. The number of hydrogen-bond acceptors (Lipinski definition) is 4. The Morgan fingerprint density at radius 3 is 2.23 bits per heavy atom. The molecule has 1 spiro atoms. The highest BCUT2D eigenvalue weighted by Crippen LogP contribution is 2.54. The van der Waals surface area contributed by atoms with Crippen LogP contribution in [0.3, 0.4) is 0 Å². The van der Waals surface area contributed by atoms with Gasteiger partial charge in [-0.05, 0) is 25.0 Å². The van der Waals surface area contributed by atoms with Crippen molar-refractivity contribution in [3.05, 3.63) is 83.9 Å². The van der Waals surface area contributed by atoms with Crippen LogP contribution < -0.4 is 0 Å². The Morgan fingerprint density at radius 1 is 1.07 bits per heavy atom. The molecule has 4 atom stereocenters. The van der Waals surface area contributed by atoms with Crippen molar-refractivity contribution in [3.8, 4) is 0 Å². The maximum atomic E-state index is 13.8. The van der Waals surface area contributed by atoms with Crippen LogP contribution in [0.2, 0.25) is 0 Å². The first-order valence-electron chi connectivity index (χ1n) is 10.5. The van der Waals surface area contributed by atoms with Gasteiger partial charge in [0.05, 0.1) is 30.7 Å². The molecule has 2 saturated heterocycles. The van der Waals surface area contributed by atoms with Gasteiger partial charge in [0.15, 0.2) is 0 Å². The van der Waals surface area contributed by atoms with Crippen molar-refractivity contribution >= 4 is 11.9 Å². The normalized spacial score (nSPS) is 29.1. The number of hydrogen-bond donors (Lipinski definition) is 0. The summed E-state index contributed by atoms with van der Waals surface area (Å²) in [5.41, 5.74) is 1.31. The minimum atomic E-state index is -0.760. The SMILES string of the molecule is CC(C)OC(=O)[C@H]1[C@@H]2C=C[C@]3(CN(C(c4ccccc4)c4ccccc4)C(=O)[C@H]13)O2. The molecule has 0 aliphatic carbocycles. The third-order valence-corrected chi connectivity index (χ3v) is 6.30. The van der Waals surface area contributed by atoms with Crippen LogP contribution in [0.15, 0.2) is 72.8 Å². The lowest BCUT2D eigenvalue weighted by molar-refractivity contribution is -0.157. The number of carbonyl (C=O) groups is 2.